The number of aliphatic hydroxyl groups excluding tert-OH is 1. The molecule has 0 radical (unpaired) electrons. The third kappa shape index (κ3) is 3.66. The van der Waals surface area contributed by atoms with E-state index in [1.54, 1.807) is 62.6 Å². The summed E-state index contributed by atoms with van der Waals surface area (Å²) in [5, 5.41) is 19.2. The van der Waals surface area contributed by atoms with Gasteiger partial charge in [0.15, 0.2) is 5.82 Å². The first-order valence-electron chi connectivity index (χ1n) is 9.73. The summed E-state index contributed by atoms with van der Waals surface area (Å²) in [6.45, 7) is 3.71. The second-order valence-electron chi connectivity index (χ2n) is 7.34. The van der Waals surface area contributed by atoms with Gasteiger partial charge >= 0.3 is 5.91 Å². The summed E-state index contributed by atoms with van der Waals surface area (Å²) < 4.78 is 5.22. The van der Waals surface area contributed by atoms with Crippen LogP contribution in [0.25, 0.3) is 5.76 Å². The Bertz CT molecular complexity index is 1170. The summed E-state index contributed by atoms with van der Waals surface area (Å²) in [7, 11) is 1.56. The van der Waals surface area contributed by atoms with Crippen LogP contribution in [0.15, 0.2) is 66.2 Å². The molecule has 1 amide bonds. The number of hydrogen-bond donors (Lipinski definition) is 1. The fourth-order valence-corrected chi connectivity index (χ4v) is 3.56. The molecule has 156 valence electrons. The predicted molar refractivity (Wildman–Crippen MR) is 116 cm³/mol. The van der Waals surface area contributed by atoms with Crippen molar-refractivity contribution in [3.8, 4) is 5.75 Å². The molecule has 0 aliphatic carbocycles. The Labute approximate surface area is 179 Å². The van der Waals surface area contributed by atoms with Crippen molar-refractivity contribution < 1.29 is 19.4 Å². The van der Waals surface area contributed by atoms with E-state index in [0.29, 0.717) is 22.6 Å². The highest BCUT2D eigenvalue weighted by Gasteiger charge is 2.47. The van der Waals surface area contributed by atoms with Gasteiger partial charge in [-0.3, -0.25) is 14.5 Å². The highest BCUT2D eigenvalue weighted by atomic mass is 16.5. The van der Waals surface area contributed by atoms with E-state index in [1.165, 1.54) is 4.90 Å². The van der Waals surface area contributed by atoms with Crippen LogP contribution in [-0.4, -0.2) is 34.1 Å². The third-order valence-electron chi connectivity index (χ3n) is 5.23. The van der Waals surface area contributed by atoms with Gasteiger partial charge in [-0.15, -0.1) is 5.10 Å². The fourth-order valence-electron chi connectivity index (χ4n) is 3.56. The number of carbonyl (C=O) groups excluding carboxylic acids is 2. The zero-order valence-electron chi connectivity index (χ0n) is 17.4. The van der Waals surface area contributed by atoms with Gasteiger partial charge in [-0.05, 0) is 43.7 Å². The first-order valence-corrected chi connectivity index (χ1v) is 9.73. The Morgan fingerprint density at radius 2 is 1.61 bits per heavy atom. The number of carbonyl (C=O) groups is 2. The Morgan fingerprint density at radius 1 is 0.935 bits per heavy atom. The van der Waals surface area contributed by atoms with E-state index in [9.17, 15) is 14.7 Å². The van der Waals surface area contributed by atoms with E-state index in [-0.39, 0.29) is 17.2 Å². The minimum atomic E-state index is -0.857. The van der Waals surface area contributed by atoms with Crippen LogP contribution in [0.2, 0.25) is 0 Å². The third-order valence-corrected chi connectivity index (χ3v) is 5.23. The van der Waals surface area contributed by atoms with Gasteiger partial charge in [0, 0.05) is 5.56 Å². The molecule has 2 heterocycles. The topological polar surface area (TPSA) is 92.6 Å². The van der Waals surface area contributed by atoms with Crippen molar-refractivity contribution in [3.63, 3.8) is 0 Å². The summed E-state index contributed by atoms with van der Waals surface area (Å²) in [5.41, 5.74) is 2.79. The summed E-state index contributed by atoms with van der Waals surface area (Å²) in [6.07, 6.45) is 0. The number of hydrogen-bond acceptors (Lipinski definition) is 6. The Hall–Kier alpha value is -4.00. The lowest BCUT2D eigenvalue weighted by Crippen LogP contribution is -2.30. The van der Waals surface area contributed by atoms with Crippen molar-refractivity contribution in [2.75, 3.05) is 12.0 Å². The average Bonchev–Trinajstić information content (AvgIpc) is 3.05. The number of rotatable bonds is 4. The molecule has 1 unspecified atom stereocenters. The molecule has 1 saturated heterocycles. The van der Waals surface area contributed by atoms with Crippen molar-refractivity contribution in [2.24, 2.45) is 0 Å². The highest BCUT2D eigenvalue weighted by Crippen LogP contribution is 2.41. The van der Waals surface area contributed by atoms with Gasteiger partial charge in [0.05, 0.1) is 24.4 Å². The van der Waals surface area contributed by atoms with Gasteiger partial charge < -0.3 is 9.84 Å². The summed E-state index contributed by atoms with van der Waals surface area (Å²) in [4.78, 5) is 27.4. The molecule has 0 spiro atoms. The molecular weight excluding hydrogens is 394 g/mol. The molecule has 7 heteroatoms. The van der Waals surface area contributed by atoms with Gasteiger partial charge in [-0.1, -0.05) is 42.0 Å². The number of aromatic nitrogens is 2. The van der Waals surface area contributed by atoms with E-state index in [4.69, 9.17) is 4.74 Å². The maximum atomic E-state index is 13.1. The van der Waals surface area contributed by atoms with Gasteiger partial charge in [0.2, 0.25) is 0 Å². The van der Waals surface area contributed by atoms with Crippen LogP contribution in [0, 0.1) is 13.8 Å². The maximum absolute atomic E-state index is 13.1. The van der Waals surface area contributed by atoms with Crippen LogP contribution in [0.4, 0.5) is 5.82 Å². The molecule has 0 bridgehead atoms. The largest absolute Gasteiger partial charge is 0.507 e. The van der Waals surface area contributed by atoms with E-state index in [0.717, 1.165) is 5.56 Å². The minimum Gasteiger partial charge on any atom is -0.507 e. The molecule has 1 atom stereocenters. The van der Waals surface area contributed by atoms with Crippen LogP contribution in [0.1, 0.15) is 28.4 Å². The van der Waals surface area contributed by atoms with Crippen LogP contribution < -0.4 is 9.64 Å². The number of amides is 1. The molecule has 1 aliphatic heterocycles. The fraction of sp³-hybridized carbons (Fsp3) is 0.167. The van der Waals surface area contributed by atoms with E-state index >= 15 is 0 Å². The molecule has 1 aromatic heterocycles. The number of Topliss-reactive ketones (excluding diaryl/α,β-unsaturated/α-hetero) is 1. The Kier molecular flexibility index (Phi) is 5.25. The number of aryl methyl sites for hydroxylation is 2. The van der Waals surface area contributed by atoms with Gasteiger partial charge in [-0.2, -0.15) is 5.10 Å². The maximum Gasteiger partial charge on any atom is 0.301 e. The number of ether oxygens (including phenoxy) is 1. The molecule has 1 N–H and O–H groups in total. The van der Waals surface area contributed by atoms with Gasteiger partial charge in [-0.25, -0.2) is 0 Å². The molecular formula is C24H21N3O4. The van der Waals surface area contributed by atoms with E-state index < -0.39 is 17.7 Å². The number of methoxy groups -OCH3 is 1. The second kappa shape index (κ2) is 8.02. The van der Waals surface area contributed by atoms with Crippen molar-refractivity contribution in [1.29, 1.82) is 0 Å². The SMILES string of the molecule is COc1ccc(C2C(=C(O)c3ccc(C)cc3)C(=O)C(=O)N2c2ccc(C)nn2)cc1. The first kappa shape index (κ1) is 20.3. The highest BCUT2D eigenvalue weighted by molar-refractivity contribution is 6.51. The number of anilines is 1. The van der Waals surface area contributed by atoms with E-state index in [2.05, 4.69) is 10.2 Å². The lowest BCUT2D eigenvalue weighted by Gasteiger charge is -2.24. The second-order valence-corrected chi connectivity index (χ2v) is 7.34. The van der Waals surface area contributed by atoms with Crippen LogP contribution in [-0.2, 0) is 9.59 Å². The van der Waals surface area contributed by atoms with Crippen molar-refractivity contribution in [1.82, 2.24) is 10.2 Å². The minimum absolute atomic E-state index is 0.00129. The lowest BCUT2D eigenvalue weighted by molar-refractivity contribution is -0.132. The first-order chi connectivity index (χ1) is 14.9. The average molecular weight is 415 g/mol. The molecule has 31 heavy (non-hydrogen) atoms. The summed E-state index contributed by atoms with van der Waals surface area (Å²) in [5.74, 6) is -0.915. The smallest absolute Gasteiger partial charge is 0.301 e. The molecule has 2 aromatic carbocycles. The Balaban J connectivity index is 1.92. The number of benzene rings is 2. The van der Waals surface area contributed by atoms with E-state index in [1.807, 2.05) is 19.1 Å². The molecule has 1 aliphatic rings. The monoisotopic (exact) mass is 415 g/mol. The van der Waals surface area contributed by atoms with Crippen molar-refractivity contribution in [2.45, 2.75) is 19.9 Å². The molecule has 0 saturated carbocycles. The lowest BCUT2D eigenvalue weighted by atomic mass is 9.95. The molecule has 4 rings (SSSR count). The van der Waals surface area contributed by atoms with Crippen molar-refractivity contribution in [3.05, 3.63) is 88.6 Å². The standard InChI is InChI=1S/C24H21N3O4/c1-14-4-7-17(8-5-14)22(28)20-21(16-9-11-18(31-3)12-10-16)27(24(30)23(20)29)19-13-6-15(2)25-26-19/h4-13,21,28H,1-3H3. The quantitative estimate of drug-likeness (QED) is 0.397. The van der Waals surface area contributed by atoms with Gasteiger partial charge in [0.1, 0.15) is 11.5 Å². The molecule has 1 fully saturated rings. The van der Waals surface area contributed by atoms with Crippen LogP contribution >= 0.6 is 0 Å². The van der Waals surface area contributed by atoms with Crippen LogP contribution in [0.3, 0.4) is 0 Å². The van der Waals surface area contributed by atoms with Gasteiger partial charge in [0.25, 0.3) is 5.78 Å². The zero-order valence-corrected chi connectivity index (χ0v) is 17.4. The summed E-state index contributed by atoms with van der Waals surface area (Å²) >= 11 is 0. The number of nitrogens with zero attached hydrogens (tertiary/aromatic N) is 3. The normalized spacial score (nSPS) is 17.8. The summed E-state index contributed by atoms with van der Waals surface area (Å²) in [6, 6.07) is 16.6. The zero-order chi connectivity index (χ0) is 22.1. The number of aliphatic hydroxyl groups is 1. The predicted octanol–water partition coefficient (Wildman–Crippen LogP) is 3.73. The molecule has 3 aromatic rings. The van der Waals surface area contributed by atoms with Crippen LogP contribution in [0.5, 0.6) is 5.75 Å². The Morgan fingerprint density at radius 3 is 2.19 bits per heavy atom. The van der Waals surface area contributed by atoms with Crippen molar-refractivity contribution >= 4 is 23.3 Å². The molecule has 7 nitrogen and oxygen atoms in total. The number of ketones is 1.